The van der Waals surface area contributed by atoms with Crippen LogP contribution in [0.15, 0.2) is 41.8 Å². The van der Waals surface area contributed by atoms with Crippen LogP contribution >= 0.6 is 11.3 Å². The highest BCUT2D eigenvalue weighted by Gasteiger charge is 2.13. The fourth-order valence-corrected chi connectivity index (χ4v) is 2.09. The van der Waals surface area contributed by atoms with Gasteiger partial charge in [-0.1, -0.05) is 24.3 Å². The fourth-order valence-electron chi connectivity index (χ4n) is 1.35. The lowest BCUT2D eigenvalue weighted by Gasteiger charge is -2.10. The van der Waals surface area contributed by atoms with Gasteiger partial charge in [-0.05, 0) is 17.5 Å². The summed E-state index contributed by atoms with van der Waals surface area (Å²) < 4.78 is 13.4. The molecular formula is C11H10FNS. The Labute approximate surface area is 86.0 Å². The minimum absolute atomic E-state index is 0.242. The van der Waals surface area contributed by atoms with E-state index in [1.54, 1.807) is 29.5 Å². The Morgan fingerprint density at radius 3 is 2.57 bits per heavy atom. The summed E-state index contributed by atoms with van der Waals surface area (Å²) in [5, 5.41) is 1.94. The Morgan fingerprint density at radius 1 is 1.14 bits per heavy atom. The van der Waals surface area contributed by atoms with Crippen molar-refractivity contribution in [1.82, 2.24) is 0 Å². The SMILES string of the molecule is NC(c1cccs1)c1ccccc1F. The molecule has 1 aromatic carbocycles. The van der Waals surface area contributed by atoms with Crippen molar-refractivity contribution in [2.75, 3.05) is 0 Å². The van der Waals surface area contributed by atoms with Crippen LogP contribution in [0.2, 0.25) is 0 Å². The van der Waals surface area contributed by atoms with Crippen LogP contribution in [-0.2, 0) is 0 Å². The zero-order chi connectivity index (χ0) is 9.97. The van der Waals surface area contributed by atoms with Crippen molar-refractivity contribution in [1.29, 1.82) is 0 Å². The number of nitrogens with two attached hydrogens (primary N) is 1. The lowest BCUT2D eigenvalue weighted by Crippen LogP contribution is -2.11. The molecule has 0 radical (unpaired) electrons. The minimum atomic E-state index is -0.351. The van der Waals surface area contributed by atoms with Crippen molar-refractivity contribution in [3.63, 3.8) is 0 Å². The van der Waals surface area contributed by atoms with Crippen molar-refractivity contribution >= 4 is 11.3 Å². The van der Waals surface area contributed by atoms with Crippen LogP contribution < -0.4 is 5.73 Å². The quantitative estimate of drug-likeness (QED) is 0.805. The van der Waals surface area contributed by atoms with Gasteiger partial charge in [-0.25, -0.2) is 4.39 Å². The van der Waals surface area contributed by atoms with E-state index in [1.807, 2.05) is 17.5 Å². The predicted octanol–water partition coefficient (Wildman–Crippen LogP) is 2.94. The van der Waals surface area contributed by atoms with Crippen LogP contribution in [0.3, 0.4) is 0 Å². The summed E-state index contributed by atoms with van der Waals surface area (Å²) in [6, 6.07) is 10.1. The van der Waals surface area contributed by atoms with Gasteiger partial charge in [0.15, 0.2) is 0 Å². The third-order valence-corrected chi connectivity index (χ3v) is 3.05. The zero-order valence-electron chi connectivity index (χ0n) is 7.48. The number of hydrogen-bond acceptors (Lipinski definition) is 2. The summed E-state index contributed by atoms with van der Waals surface area (Å²) >= 11 is 1.54. The number of rotatable bonds is 2. The number of thiophene rings is 1. The van der Waals surface area contributed by atoms with Crippen LogP contribution in [0, 0.1) is 5.82 Å². The molecule has 0 aliphatic heterocycles. The molecule has 0 saturated carbocycles. The molecule has 2 aromatic rings. The Hall–Kier alpha value is -1.19. The number of hydrogen-bond donors (Lipinski definition) is 1. The van der Waals surface area contributed by atoms with Gasteiger partial charge in [0.25, 0.3) is 0 Å². The summed E-state index contributed by atoms with van der Waals surface area (Å²) in [5.74, 6) is -0.242. The molecule has 0 saturated heterocycles. The van der Waals surface area contributed by atoms with E-state index in [0.29, 0.717) is 5.56 Å². The van der Waals surface area contributed by atoms with E-state index in [-0.39, 0.29) is 11.9 Å². The van der Waals surface area contributed by atoms with E-state index in [2.05, 4.69) is 0 Å². The van der Waals surface area contributed by atoms with Crippen molar-refractivity contribution in [2.45, 2.75) is 6.04 Å². The van der Waals surface area contributed by atoms with E-state index < -0.39 is 0 Å². The van der Waals surface area contributed by atoms with Gasteiger partial charge in [0.05, 0.1) is 6.04 Å². The third kappa shape index (κ3) is 1.69. The maximum atomic E-state index is 13.4. The van der Waals surface area contributed by atoms with E-state index in [4.69, 9.17) is 5.73 Å². The summed E-state index contributed by atoms with van der Waals surface area (Å²) in [7, 11) is 0. The molecule has 72 valence electrons. The first-order chi connectivity index (χ1) is 6.79. The molecule has 1 atom stereocenters. The monoisotopic (exact) mass is 207 g/mol. The second kappa shape index (κ2) is 3.90. The summed E-state index contributed by atoms with van der Waals surface area (Å²) in [5.41, 5.74) is 6.48. The van der Waals surface area contributed by atoms with Crippen molar-refractivity contribution in [3.05, 3.63) is 58.0 Å². The van der Waals surface area contributed by atoms with Crippen LogP contribution in [-0.4, -0.2) is 0 Å². The molecule has 1 nitrogen and oxygen atoms in total. The van der Waals surface area contributed by atoms with Crippen molar-refractivity contribution < 1.29 is 4.39 Å². The van der Waals surface area contributed by atoms with Gasteiger partial charge in [0.2, 0.25) is 0 Å². The maximum absolute atomic E-state index is 13.4. The van der Waals surface area contributed by atoms with Crippen molar-refractivity contribution in [3.8, 4) is 0 Å². The van der Waals surface area contributed by atoms with E-state index in [0.717, 1.165) is 4.88 Å². The first-order valence-electron chi connectivity index (χ1n) is 4.32. The maximum Gasteiger partial charge on any atom is 0.128 e. The van der Waals surface area contributed by atoms with Crippen LogP contribution in [0.4, 0.5) is 4.39 Å². The average Bonchev–Trinajstić information content (AvgIpc) is 2.70. The molecule has 0 amide bonds. The zero-order valence-corrected chi connectivity index (χ0v) is 8.30. The lowest BCUT2D eigenvalue weighted by atomic mass is 10.1. The van der Waals surface area contributed by atoms with Gasteiger partial charge in [-0.3, -0.25) is 0 Å². The van der Waals surface area contributed by atoms with E-state index in [1.165, 1.54) is 6.07 Å². The molecule has 0 spiro atoms. The highest BCUT2D eigenvalue weighted by Crippen LogP contribution is 2.25. The third-order valence-electron chi connectivity index (χ3n) is 2.09. The second-order valence-corrected chi connectivity index (χ2v) is 3.99. The van der Waals surface area contributed by atoms with Crippen LogP contribution in [0.5, 0.6) is 0 Å². The number of halogens is 1. The molecule has 0 aliphatic rings. The number of benzene rings is 1. The summed E-state index contributed by atoms with van der Waals surface area (Å²) in [4.78, 5) is 0.982. The highest BCUT2D eigenvalue weighted by atomic mass is 32.1. The van der Waals surface area contributed by atoms with Crippen LogP contribution in [0.25, 0.3) is 0 Å². The lowest BCUT2D eigenvalue weighted by molar-refractivity contribution is 0.601. The second-order valence-electron chi connectivity index (χ2n) is 3.01. The molecule has 1 unspecified atom stereocenters. The Balaban J connectivity index is 2.37. The molecule has 0 aliphatic carbocycles. The van der Waals surface area contributed by atoms with Gasteiger partial charge in [-0.2, -0.15) is 0 Å². The Bertz CT molecular complexity index is 411. The van der Waals surface area contributed by atoms with Gasteiger partial charge in [0.1, 0.15) is 5.82 Å². The molecule has 0 fully saturated rings. The first-order valence-corrected chi connectivity index (χ1v) is 5.20. The Kier molecular flexibility index (Phi) is 2.61. The summed E-state index contributed by atoms with van der Waals surface area (Å²) in [6.45, 7) is 0. The predicted molar refractivity (Wildman–Crippen MR) is 56.7 cm³/mol. The largest absolute Gasteiger partial charge is 0.320 e. The molecule has 3 heteroatoms. The minimum Gasteiger partial charge on any atom is -0.320 e. The van der Waals surface area contributed by atoms with Gasteiger partial charge >= 0.3 is 0 Å². The first kappa shape index (κ1) is 9.37. The topological polar surface area (TPSA) is 26.0 Å². The molecule has 0 bridgehead atoms. The Morgan fingerprint density at radius 2 is 1.93 bits per heavy atom. The summed E-state index contributed by atoms with van der Waals surface area (Å²) in [6.07, 6.45) is 0. The fraction of sp³-hybridized carbons (Fsp3) is 0.0909. The van der Waals surface area contributed by atoms with Crippen molar-refractivity contribution in [2.24, 2.45) is 5.73 Å². The van der Waals surface area contributed by atoms with E-state index >= 15 is 0 Å². The molecule has 14 heavy (non-hydrogen) atoms. The molecule has 1 heterocycles. The molecular weight excluding hydrogens is 197 g/mol. The van der Waals surface area contributed by atoms with Gasteiger partial charge < -0.3 is 5.73 Å². The van der Waals surface area contributed by atoms with Gasteiger partial charge in [0, 0.05) is 10.4 Å². The molecule has 1 aromatic heterocycles. The highest BCUT2D eigenvalue weighted by molar-refractivity contribution is 7.10. The average molecular weight is 207 g/mol. The van der Waals surface area contributed by atoms with Crippen LogP contribution in [0.1, 0.15) is 16.5 Å². The van der Waals surface area contributed by atoms with Gasteiger partial charge in [-0.15, -0.1) is 11.3 Å². The standard InChI is InChI=1S/C11H10FNS/c12-9-5-2-1-4-8(9)11(13)10-6-3-7-14-10/h1-7,11H,13H2. The molecule has 2 rings (SSSR count). The molecule has 2 N–H and O–H groups in total. The normalized spacial score (nSPS) is 12.7. The van der Waals surface area contributed by atoms with E-state index in [9.17, 15) is 4.39 Å². The smallest absolute Gasteiger partial charge is 0.128 e.